The highest BCUT2D eigenvalue weighted by Crippen LogP contribution is 2.38. The number of rotatable bonds is 7. The van der Waals surface area contributed by atoms with Gasteiger partial charge in [0.15, 0.2) is 12.4 Å². The van der Waals surface area contributed by atoms with Crippen LogP contribution in [0.25, 0.3) is 0 Å². The third-order valence-electron chi connectivity index (χ3n) is 4.56. The largest absolute Gasteiger partial charge is 0.480 e. The van der Waals surface area contributed by atoms with E-state index < -0.39 is 70.4 Å². The molecule has 0 bridgehead atoms. The van der Waals surface area contributed by atoms with Gasteiger partial charge in [-0.1, -0.05) is 0 Å². The average molecular weight is 456 g/mol. The van der Waals surface area contributed by atoms with Crippen molar-refractivity contribution in [3.63, 3.8) is 0 Å². The molecule has 0 saturated carbocycles. The summed E-state index contributed by atoms with van der Waals surface area (Å²) in [6.07, 6.45) is -6.47. The fourth-order valence-corrected chi connectivity index (χ4v) is 2.95. The number of ether oxygens (including phenoxy) is 1. The number of carbonyl (C=O) groups excluding carboxylic acids is 1. The number of hydrogen-bond acceptors (Lipinski definition) is 6. The third-order valence-corrected chi connectivity index (χ3v) is 4.56. The van der Waals surface area contributed by atoms with Gasteiger partial charge < -0.3 is 19.8 Å². The SMILES string of the molecule is O=C(c1ccc([N+](=O)[O-])c(OCC(F)(F)C(F)(F)F)c1)N1CCCC1(C(=O)O)C(=O)O. The van der Waals surface area contributed by atoms with Gasteiger partial charge in [0.2, 0.25) is 5.54 Å². The molecule has 1 fully saturated rings. The van der Waals surface area contributed by atoms with Crippen molar-refractivity contribution in [2.75, 3.05) is 13.2 Å². The molecule has 0 radical (unpaired) electrons. The zero-order chi connectivity index (χ0) is 23.8. The van der Waals surface area contributed by atoms with Gasteiger partial charge in [0.05, 0.1) is 4.92 Å². The molecule has 0 spiro atoms. The highest BCUT2D eigenvalue weighted by atomic mass is 19.4. The van der Waals surface area contributed by atoms with Crippen molar-refractivity contribution in [1.82, 2.24) is 4.90 Å². The number of carboxylic acid groups (broad SMARTS) is 2. The summed E-state index contributed by atoms with van der Waals surface area (Å²) in [5, 5.41) is 29.7. The Kier molecular flexibility index (Phi) is 6.10. The number of aliphatic carboxylic acids is 2. The van der Waals surface area contributed by atoms with Crippen molar-refractivity contribution in [1.29, 1.82) is 0 Å². The lowest BCUT2D eigenvalue weighted by Crippen LogP contribution is -2.58. The van der Waals surface area contributed by atoms with E-state index in [9.17, 15) is 56.7 Å². The molecule has 1 aliphatic heterocycles. The first-order valence-electron chi connectivity index (χ1n) is 8.29. The molecule has 0 aliphatic carbocycles. The van der Waals surface area contributed by atoms with Gasteiger partial charge >= 0.3 is 29.7 Å². The molecule has 15 heteroatoms. The second-order valence-corrected chi connectivity index (χ2v) is 6.46. The van der Waals surface area contributed by atoms with E-state index in [0.29, 0.717) is 17.0 Å². The minimum atomic E-state index is -6.01. The first-order chi connectivity index (χ1) is 14.1. The second kappa shape index (κ2) is 7.96. The van der Waals surface area contributed by atoms with Gasteiger partial charge in [0.1, 0.15) is 0 Å². The summed E-state index contributed by atoms with van der Waals surface area (Å²) in [5.74, 6) is -11.4. The quantitative estimate of drug-likeness (QED) is 0.275. The van der Waals surface area contributed by atoms with Crippen LogP contribution in [0.5, 0.6) is 5.75 Å². The highest BCUT2D eigenvalue weighted by Gasteiger charge is 2.59. The lowest BCUT2D eigenvalue weighted by Gasteiger charge is -2.30. The van der Waals surface area contributed by atoms with Crippen molar-refractivity contribution >= 4 is 23.5 Å². The number of carboxylic acids is 2. The zero-order valence-corrected chi connectivity index (χ0v) is 15.2. The van der Waals surface area contributed by atoms with Crippen LogP contribution in [0.3, 0.4) is 0 Å². The van der Waals surface area contributed by atoms with Gasteiger partial charge in [0.25, 0.3) is 5.91 Å². The van der Waals surface area contributed by atoms with E-state index in [0.717, 1.165) is 6.07 Å². The van der Waals surface area contributed by atoms with Crippen LogP contribution in [0.2, 0.25) is 0 Å². The highest BCUT2D eigenvalue weighted by molar-refractivity contribution is 6.09. The van der Waals surface area contributed by atoms with Gasteiger partial charge in [-0.2, -0.15) is 22.0 Å². The molecule has 1 saturated heterocycles. The van der Waals surface area contributed by atoms with Gasteiger partial charge in [0, 0.05) is 24.2 Å². The maximum absolute atomic E-state index is 13.1. The number of carbonyl (C=O) groups is 3. The fraction of sp³-hybridized carbons (Fsp3) is 0.438. The van der Waals surface area contributed by atoms with Gasteiger partial charge in [-0.15, -0.1) is 0 Å². The Morgan fingerprint density at radius 3 is 2.23 bits per heavy atom. The Balaban J connectivity index is 2.43. The third kappa shape index (κ3) is 4.20. The maximum Gasteiger partial charge on any atom is 0.456 e. The predicted octanol–water partition coefficient (Wildman–Crippen LogP) is 2.32. The number of halogens is 5. The molecule has 1 amide bonds. The molecule has 170 valence electrons. The number of amides is 1. The molecule has 0 atom stereocenters. The molecular weight excluding hydrogens is 443 g/mol. The lowest BCUT2D eigenvalue weighted by molar-refractivity contribution is -0.386. The summed E-state index contributed by atoms with van der Waals surface area (Å²) < 4.78 is 67.4. The van der Waals surface area contributed by atoms with Crippen LogP contribution in [0.15, 0.2) is 18.2 Å². The number of nitrogens with zero attached hydrogens (tertiary/aromatic N) is 2. The van der Waals surface area contributed by atoms with Crippen molar-refractivity contribution in [2.45, 2.75) is 30.5 Å². The molecule has 2 rings (SSSR count). The van der Waals surface area contributed by atoms with E-state index in [2.05, 4.69) is 4.74 Å². The van der Waals surface area contributed by atoms with Crippen molar-refractivity contribution in [2.24, 2.45) is 0 Å². The minimum Gasteiger partial charge on any atom is -0.480 e. The Bertz CT molecular complexity index is 919. The molecule has 31 heavy (non-hydrogen) atoms. The fourth-order valence-electron chi connectivity index (χ4n) is 2.95. The van der Waals surface area contributed by atoms with Crippen molar-refractivity contribution in [3.05, 3.63) is 33.9 Å². The van der Waals surface area contributed by atoms with Crippen LogP contribution in [-0.4, -0.2) is 68.7 Å². The first-order valence-corrected chi connectivity index (χ1v) is 8.29. The van der Waals surface area contributed by atoms with Crippen LogP contribution in [0.4, 0.5) is 27.6 Å². The Morgan fingerprint density at radius 1 is 1.16 bits per heavy atom. The summed E-state index contributed by atoms with van der Waals surface area (Å²) in [5.41, 5.74) is -4.29. The van der Waals surface area contributed by atoms with E-state index in [4.69, 9.17) is 0 Å². The molecule has 2 N–H and O–H groups in total. The predicted molar refractivity (Wildman–Crippen MR) is 87.9 cm³/mol. The van der Waals surface area contributed by atoms with Crippen LogP contribution >= 0.6 is 0 Å². The molecule has 1 aromatic rings. The van der Waals surface area contributed by atoms with Crippen LogP contribution in [0, 0.1) is 10.1 Å². The maximum atomic E-state index is 13.1. The zero-order valence-electron chi connectivity index (χ0n) is 15.2. The normalized spacial score (nSPS) is 16.1. The molecule has 10 nitrogen and oxygen atoms in total. The van der Waals surface area contributed by atoms with Gasteiger partial charge in [-0.3, -0.25) is 14.9 Å². The van der Waals surface area contributed by atoms with E-state index in [1.165, 1.54) is 0 Å². The lowest BCUT2D eigenvalue weighted by atomic mass is 9.95. The van der Waals surface area contributed by atoms with E-state index in [1.807, 2.05) is 0 Å². The molecule has 0 aromatic heterocycles. The van der Waals surface area contributed by atoms with Crippen molar-refractivity contribution in [3.8, 4) is 5.75 Å². The molecule has 0 unspecified atom stereocenters. The van der Waals surface area contributed by atoms with Crippen LogP contribution in [0.1, 0.15) is 23.2 Å². The van der Waals surface area contributed by atoms with E-state index in [1.54, 1.807) is 0 Å². The summed E-state index contributed by atoms with van der Waals surface area (Å²) in [6, 6.07) is 1.81. The van der Waals surface area contributed by atoms with Crippen LogP contribution in [-0.2, 0) is 9.59 Å². The second-order valence-electron chi connectivity index (χ2n) is 6.46. The number of alkyl halides is 5. The molecular formula is C16H13F5N2O8. The van der Waals surface area contributed by atoms with E-state index >= 15 is 0 Å². The number of nitro groups is 1. The number of benzene rings is 1. The Morgan fingerprint density at radius 2 is 1.74 bits per heavy atom. The standard InChI is InChI=1S/C16H13F5N2O8/c17-15(18,16(19,20)21)7-31-10-6-8(2-3-9(10)23(29)30)11(24)22-5-1-4-14(22,12(25)26)13(27)28/h2-3,6H,1,4-5,7H2,(H,25,26)(H,27,28). The number of likely N-dealkylation sites (tertiary alicyclic amines) is 1. The molecule has 1 aromatic carbocycles. The van der Waals surface area contributed by atoms with E-state index in [-0.39, 0.29) is 13.0 Å². The molecule has 1 heterocycles. The Hall–Kier alpha value is -3.52. The summed E-state index contributed by atoms with van der Waals surface area (Å²) in [7, 11) is 0. The van der Waals surface area contributed by atoms with Crippen molar-refractivity contribution < 1.29 is 56.2 Å². The summed E-state index contributed by atoms with van der Waals surface area (Å²) >= 11 is 0. The average Bonchev–Trinajstić information content (AvgIpc) is 3.11. The minimum absolute atomic E-state index is 0.0154. The van der Waals surface area contributed by atoms with Gasteiger partial charge in [-0.25, -0.2) is 9.59 Å². The first kappa shape index (κ1) is 23.8. The van der Waals surface area contributed by atoms with Gasteiger partial charge in [-0.05, 0) is 18.9 Å². The van der Waals surface area contributed by atoms with Crippen LogP contribution < -0.4 is 4.74 Å². The monoisotopic (exact) mass is 456 g/mol. The summed E-state index contributed by atoms with van der Waals surface area (Å²) in [4.78, 5) is 46.1. The number of hydrogen-bond donors (Lipinski definition) is 2. The topological polar surface area (TPSA) is 147 Å². The molecule has 1 aliphatic rings. The Labute approximate surface area is 169 Å². The number of nitro benzene ring substituents is 1. The summed E-state index contributed by atoms with van der Waals surface area (Å²) in [6.45, 7) is -2.65. The smallest absolute Gasteiger partial charge is 0.456 e.